The SMILES string of the molecule is Cc1ccc(OCCn2cc(/C(N)=[NH+]/O)c3ccccc32)cc1C. The van der Waals surface area contributed by atoms with Crippen LogP contribution in [0.5, 0.6) is 5.75 Å². The highest BCUT2D eigenvalue weighted by atomic mass is 16.5. The zero-order chi connectivity index (χ0) is 17.1. The number of nitrogens with zero attached hydrogens (tertiary/aromatic N) is 1. The number of benzene rings is 2. The number of para-hydroxylation sites is 1. The molecule has 0 bridgehead atoms. The van der Waals surface area contributed by atoms with Crippen LogP contribution in [0.25, 0.3) is 10.9 Å². The van der Waals surface area contributed by atoms with Crippen LogP contribution < -0.4 is 15.6 Å². The van der Waals surface area contributed by atoms with Crippen LogP contribution >= 0.6 is 0 Å². The van der Waals surface area contributed by atoms with Crippen molar-refractivity contribution in [1.82, 2.24) is 4.57 Å². The lowest BCUT2D eigenvalue weighted by atomic mass is 10.1. The fourth-order valence-electron chi connectivity index (χ4n) is 2.77. The number of aryl methyl sites for hydroxylation is 2. The Morgan fingerprint density at radius 3 is 2.71 bits per heavy atom. The van der Waals surface area contributed by atoms with Crippen LogP contribution in [0.15, 0.2) is 48.7 Å². The van der Waals surface area contributed by atoms with E-state index in [9.17, 15) is 0 Å². The predicted octanol–water partition coefficient (Wildman–Crippen LogP) is 1.51. The van der Waals surface area contributed by atoms with Gasteiger partial charge in [-0.3, -0.25) is 5.73 Å². The second kappa shape index (κ2) is 6.66. The summed E-state index contributed by atoms with van der Waals surface area (Å²) in [5.41, 5.74) is 10.1. The molecule has 0 aliphatic carbocycles. The van der Waals surface area contributed by atoms with Crippen LogP contribution in [0.1, 0.15) is 16.7 Å². The van der Waals surface area contributed by atoms with Gasteiger partial charge in [0.05, 0.1) is 12.1 Å². The summed E-state index contributed by atoms with van der Waals surface area (Å²) in [4.78, 5) is 0. The Kier molecular flexibility index (Phi) is 4.42. The molecule has 0 amide bonds. The van der Waals surface area contributed by atoms with Gasteiger partial charge in [-0.1, -0.05) is 29.4 Å². The van der Waals surface area contributed by atoms with E-state index in [4.69, 9.17) is 15.7 Å². The molecule has 0 atom stereocenters. The molecular weight excluding hydrogens is 302 g/mol. The maximum absolute atomic E-state index is 9.08. The summed E-state index contributed by atoms with van der Waals surface area (Å²) >= 11 is 0. The van der Waals surface area contributed by atoms with E-state index in [-0.39, 0.29) is 5.84 Å². The fraction of sp³-hybridized carbons (Fsp3) is 0.211. The number of amidine groups is 1. The Morgan fingerprint density at radius 1 is 1.17 bits per heavy atom. The summed E-state index contributed by atoms with van der Waals surface area (Å²) in [5, 5.41) is 12.1. The average molecular weight is 324 g/mol. The molecule has 3 rings (SSSR count). The predicted molar refractivity (Wildman–Crippen MR) is 94.4 cm³/mol. The van der Waals surface area contributed by atoms with Crippen LogP contribution in [0.4, 0.5) is 0 Å². The molecule has 0 unspecified atom stereocenters. The van der Waals surface area contributed by atoms with E-state index >= 15 is 0 Å². The maximum atomic E-state index is 9.08. The third kappa shape index (κ3) is 3.06. The van der Waals surface area contributed by atoms with Gasteiger partial charge in [0.15, 0.2) is 0 Å². The zero-order valence-corrected chi connectivity index (χ0v) is 13.9. The highest BCUT2D eigenvalue weighted by molar-refractivity contribution is 6.06. The van der Waals surface area contributed by atoms with Gasteiger partial charge in [-0.25, -0.2) is 0 Å². The average Bonchev–Trinajstić information content (AvgIpc) is 2.96. The summed E-state index contributed by atoms with van der Waals surface area (Å²) in [6.07, 6.45) is 1.92. The number of aromatic nitrogens is 1. The topological polar surface area (TPSA) is 74.4 Å². The molecule has 0 aliphatic rings. The molecule has 0 fully saturated rings. The summed E-state index contributed by atoms with van der Waals surface area (Å²) in [6, 6.07) is 14.0. The van der Waals surface area contributed by atoms with E-state index in [1.165, 1.54) is 11.1 Å². The van der Waals surface area contributed by atoms with Crippen molar-refractivity contribution in [1.29, 1.82) is 0 Å². The van der Waals surface area contributed by atoms with Gasteiger partial charge in [0.2, 0.25) is 0 Å². The first kappa shape index (κ1) is 15.9. The van der Waals surface area contributed by atoms with Crippen molar-refractivity contribution < 1.29 is 15.1 Å². The third-order valence-electron chi connectivity index (χ3n) is 4.28. The normalized spacial score (nSPS) is 11.8. The summed E-state index contributed by atoms with van der Waals surface area (Å²) < 4.78 is 7.95. The van der Waals surface area contributed by atoms with E-state index in [0.717, 1.165) is 22.2 Å². The number of nitrogen functional groups attached to an aromatic ring is 1. The van der Waals surface area contributed by atoms with Crippen LogP contribution in [0.2, 0.25) is 0 Å². The number of hydrogen-bond acceptors (Lipinski definition) is 2. The van der Waals surface area contributed by atoms with E-state index in [0.29, 0.717) is 13.2 Å². The van der Waals surface area contributed by atoms with Gasteiger partial charge in [-0.05, 0) is 43.2 Å². The van der Waals surface area contributed by atoms with Crippen molar-refractivity contribution in [2.75, 3.05) is 6.61 Å². The minimum atomic E-state index is 0.236. The van der Waals surface area contributed by atoms with Gasteiger partial charge in [0, 0.05) is 17.1 Å². The lowest BCUT2D eigenvalue weighted by molar-refractivity contribution is -0.737. The molecule has 0 radical (unpaired) electrons. The van der Waals surface area contributed by atoms with Crippen LogP contribution in [0, 0.1) is 13.8 Å². The number of nitrogens with two attached hydrogens (primary N) is 1. The summed E-state index contributed by atoms with van der Waals surface area (Å²) in [5.74, 6) is 1.11. The highest BCUT2D eigenvalue weighted by Crippen LogP contribution is 2.21. The van der Waals surface area contributed by atoms with Crippen molar-refractivity contribution >= 4 is 16.7 Å². The van der Waals surface area contributed by atoms with Crippen molar-refractivity contribution in [3.8, 4) is 5.75 Å². The van der Waals surface area contributed by atoms with Crippen LogP contribution in [-0.2, 0) is 6.54 Å². The molecule has 0 saturated carbocycles. The monoisotopic (exact) mass is 324 g/mol. The number of hydrogen-bond donors (Lipinski definition) is 3. The van der Waals surface area contributed by atoms with Crippen molar-refractivity contribution in [2.45, 2.75) is 20.4 Å². The van der Waals surface area contributed by atoms with E-state index in [1.54, 1.807) is 0 Å². The first-order valence-electron chi connectivity index (χ1n) is 7.91. The molecule has 124 valence electrons. The first-order chi connectivity index (χ1) is 11.6. The number of fused-ring (bicyclic) bond motifs is 1. The van der Waals surface area contributed by atoms with Crippen LogP contribution in [0.3, 0.4) is 0 Å². The largest absolute Gasteiger partial charge is 0.492 e. The number of nitrogens with one attached hydrogen (secondary N) is 1. The van der Waals surface area contributed by atoms with Crippen molar-refractivity contribution in [2.24, 2.45) is 5.73 Å². The van der Waals surface area contributed by atoms with E-state index in [2.05, 4.69) is 30.5 Å². The molecule has 3 aromatic rings. The first-order valence-corrected chi connectivity index (χ1v) is 7.91. The van der Waals surface area contributed by atoms with Crippen molar-refractivity contribution in [3.05, 3.63) is 65.4 Å². The Labute approximate surface area is 141 Å². The number of rotatable bonds is 5. The van der Waals surface area contributed by atoms with Gasteiger partial charge in [0.1, 0.15) is 12.4 Å². The van der Waals surface area contributed by atoms with Gasteiger partial charge in [-0.2, -0.15) is 0 Å². The maximum Gasteiger partial charge on any atom is 0.313 e. The minimum Gasteiger partial charge on any atom is -0.492 e. The molecule has 24 heavy (non-hydrogen) atoms. The Hall–Kier alpha value is -2.95. The molecule has 0 aliphatic heterocycles. The van der Waals surface area contributed by atoms with E-state index < -0.39 is 0 Å². The molecule has 4 N–H and O–H groups in total. The second-order valence-electron chi connectivity index (χ2n) is 5.87. The smallest absolute Gasteiger partial charge is 0.313 e. The molecule has 0 spiro atoms. The zero-order valence-electron chi connectivity index (χ0n) is 13.9. The van der Waals surface area contributed by atoms with Crippen molar-refractivity contribution in [3.63, 3.8) is 0 Å². The third-order valence-corrected chi connectivity index (χ3v) is 4.28. The Balaban J connectivity index is 1.79. The molecule has 5 heteroatoms. The van der Waals surface area contributed by atoms with E-state index in [1.807, 2.05) is 41.7 Å². The quantitative estimate of drug-likeness (QED) is 0.288. The number of ether oxygens (including phenoxy) is 1. The lowest BCUT2D eigenvalue weighted by Crippen LogP contribution is -2.71. The minimum absolute atomic E-state index is 0.236. The molecule has 1 aromatic heterocycles. The molecular formula is C19H22N3O2+. The molecule has 1 heterocycles. The fourth-order valence-corrected chi connectivity index (χ4v) is 2.77. The van der Waals surface area contributed by atoms with Gasteiger partial charge in [-0.15, -0.1) is 0 Å². The lowest BCUT2D eigenvalue weighted by Gasteiger charge is -2.09. The summed E-state index contributed by atoms with van der Waals surface area (Å²) in [7, 11) is 0. The standard InChI is InChI=1S/C19H21N3O2/c1-13-7-8-15(11-14(13)2)24-10-9-22-12-17(19(20)21-23)16-5-3-4-6-18(16)22/h3-8,11-12,23H,9-10H2,1-2H3,(H2,20,21)/p+1. The van der Waals surface area contributed by atoms with Gasteiger partial charge >= 0.3 is 5.84 Å². The highest BCUT2D eigenvalue weighted by Gasteiger charge is 2.14. The molecule has 2 aromatic carbocycles. The van der Waals surface area contributed by atoms with Crippen LogP contribution in [-0.4, -0.2) is 22.2 Å². The Morgan fingerprint density at radius 2 is 1.96 bits per heavy atom. The van der Waals surface area contributed by atoms with Gasteiger partial charge in [0.25, 0.3) is 0 Å². The molecule has 5 nitrogen and oxygen atoms in total. The second-order valence-corrected chi connectivity index (χ2v) is 5.87. The Bertz CT molecular complexity index is 897. The van der Waals surface area contributed by atoms with Gasteiger partial charge < -0.3 is 14.5 Å². The summed E-state index contributed by atoms with van der Waals surface area (Å²) in [6.45, 7) is 5.40. The molecule has 0 saturated heterocycles.